The highest BCUT2D eigenvalue weighted by atomic mass is 32.1. The molecule has 4 aliphatic rings. The Kier molecular flexibility index (Phi) is 12.5. The molecule has 8 rings (SSSR count). The van der Waals surface area contributed by atoms with Crippen molar-refractivity contribution in [2.75, 3.05) is 39.9 Å². The molecular formula is C48H58N8O7S. The third-order valence-electron chi connectivity index (χ3n) is 13.3. The topological polar surface area (TPSA) is 168 Å². The van der Waals surface area contributed by atoms with E-state index in [-0.39, 0.29) is 50.0 Å². The van der Waals surface area contributed by atoms with E-state index in [0.29, 0.717) is 43.8 Å². The highest BCUT2D eigenvalue weighted by Crippen LogP contribution is 2.43. The second kappa shape index (κ2) is 17.7. The summed E-state index contributed by atoms with van der Waals surface area (Å²) in [6, 6.07) is 7.59. The number of likely N-dealkylation sites (tertiary alicyclic amines) is 2. The molecule has 3 fully saturated rings. The third-order valence-corrected chi connectivity index (χ3v) is 14.1. The van der Waals surface area contributed by atoms with Crippen LogP contribution >= 0.6 is 11.3 Å². The molecule has 64 heavy (non-hydrogen) atoms. The fraction of sp³-hybridized carbons (Fsp3) is 0.521. The fourth-order valence-electron chi connectivity index (χ4n) is 9.85. The van der Waals surface area contributed by atoms with Crippen molar-refractivity contribution in [2.45, 2.75) is 97.9 Å². The van der Waals surface area contributed by atoms with Crippen LogP contribution in [0.3, 0.4) is 0 Å². The Morgan fingerprint density at radius 3 is 2.62 bits per heavy atom. The molecular weight excluding hydrogens is 833 g/mol. The molecule has 4 aliphatic heterocycles. The third kappa shape index (κ3) is 8.41. The molecule has 6 bridgehead atoms. The predicted molar refractivity (Wildman–Crippen MR) is 242 cm³/mol. The van der Waals surface area contributed by atoms with E-state index >= 15 is 0 Å². The molecule has 4 amide bonds. The van der Waals surface area contributed by atoms with Gasteiger partial charge in [0.15, 0.2) is 0 Å². The van der Waals surface area contributed by atoms with E-state index in [1.807, 2.05) is 38.3 Å². The van der Waals surface area contributed by atoms with E-state index in [1.54, 1.807) is 30.0 Å². The highest BCUT2D eigenvalue weighted by Gasteiger charge is 2.58. The Morgan fingerprint density at radius 2 is 1.89 bits per heavy atom. The second-order valence-electron chi connectivity index (χ2n) is 18.8. The number of amides is 4. The molecule has 1 spiro atoms. The first-order valence-corrected chi connectivity index (χ1v) is 23.0. The molecule has 338 valence electrons. The van der Waals surface area contributed by atoms with E-state index in [9.17, 15) is 24.0 Å². The molecule has 0 aliphatic carbocycles. The van der Waals surface area contributed by atoms with Crippen LogP contribution in [0.2, 0.25) is 0 Å². The maximum absolute atomic E-state index is 14.6. The smallest absolute Gasteiger partial charge is 0.324 e. The number of benzene rings is 1. The summed E-state index contributed by atoms with van der Waals surface area (Å²) in [4.78, 5) is 82.5. The highest BCUT2D eigenvalue weighted by molar-refractivity contribution is 7.10. The minimum absolute atomic E-state index is 0.0827. The number of esters is 1. The molecule has 4 atom stereocenters. The fourth-order valence-corrected chi connectivity index (χ4v) is 10.7. The number of aryl methyl sites for hydroxylation is 1. The Bertz CT molecular complexity index is 2560. The molecule has 7 heterocycles. The first-order chi connectivity index (χ1) is 30.5. The predicted octanol–water partition coefficient (Wildman–Crippen LogP) is 4.83. The van der Waals surface area contributed by atoms with Crippen LogP contribution in [0.15, 0.2) is 41.9 Å². The van der Waals surface area contributed by atoms with Crippen molar-refractivity contribution in [3.8, 4) is 34.4 Å². The van der Waals surface area contributed by atoms with Crippen LogP contribution in [-0.4, -0.2) is 117 Å². The number of hydrogen-bond acceptors (Lipinski definition) is 11. The van der Waals surface area contributed by atoms with E-state index in [1.165, 1.54) is 16.3 Å². The van der Waals surface area contributed by atoms with Gasteiger partial charge in [0.2, 0.25) is 11.8 Å². The number of ether oxygens (including phenoxy) is 2. The summed E-state index contributed by atoms with van der Waals surface area (Å²) < 4.78 is 14.0. The van der Waals surface area contributed by atoms with Gasteiger partial charge in [-0.25, -0.2) is 10.4 Å². The van der Waals surface area contributed by atoms with Crippen LogP contribution in [-0.2, 0) is 53.3 Å². The van der Waals surface area contributed by atoms with Crippen LogP contribution < -0.4 is 10.7 Å². The molecule has 3 saturated heterocycles. The largest absolute Gasteiger partial charge is 0.464 e. The van der Waals surface area contributed by atoms with E-state index in [4.69, 9.17) is 19.4 Å². The number of cyclic esters (lactones) is 1. The van der Waals surface area contributed by atoms with E-state index in [0.717, 1.165) is 44.7 Å². The van der Waals surface area contributed by atoms with Gasteiger partial charge in [0.05, 0.1) is 40.2 Å². The summed E-state index contributed by atoms with van der Waals surface area (Å²) in [7, 11) is 3.73. The average Bonchev–Trinajstić information content (AvgIpc) is 3.94. The number of thiazole rings is 1. The molecule has 1 unspecified atom stereocenters. The number of fused-ring (bicyclic) bond motifs is 6. The van der Waals surface area contributed by atoms with Crippen molar-refractivity contribution in [2.24, 2.45) is 23.8 Å². The SMILES string of the molecule is CC#CC(=O)N1CC2(CCN([C@H](C(=O)NC3Cc4nc(cs4)-c4ccc5c(c4)c(c(-c4cccnc4[C@H](C)OC)n5C)CC(C)(C)COC(=O)[C@@H]4CCCN(N4)C3=O)C(C)C)C2=O)C1. The molecule has 1 aromatic carbocycles. The number of aromatic nitrogens is 3. The van der Waals surface area contributed by atoms with Crippen molar-refractivity contribution in [3.05, 3.63) is 58.2 Å². The normalized spacial score (nSPS) is 21.8. The van der Waals surface area contributed by atoms with Crippen molar-refractivity contribution in [1.82, 2.24) is 40.1 Å². The lowest BCUT2D eigenvalue weighted by atomic mass is 9.78. The van der Waals surface area contributed by atoms with E-state index in [2.05, 4.69) is 66.2 Å². The number of nitrogens with one attached hydrogen (secondary N) is 2. The Labute approximate surface area is 378 Å². The van der Waals surface area contributed by atoms with Crippen LogP contribution in [0.4, 0.5) is 0 Å². The molecule has 4 aromatic rings. The van der Waals surface area contributed by atoms with Crippen LogP contribution in [0.5, 0.6) is 0 Å². The Hall–Kier alpha value is -5.63. The van der Waals surface area contributed by atoms with Gasteiger partial charge in [-0.1, -0.05) is 39.7 Å². The standard InChI is InChI=1S/C48H58N8O7S/c1-9-12-39(57)54-25-48(26-54)17-20-55(46(48)61)41(28(2)3)43(58)51-35-22-38-50-36(24-64-38)30-15-16-37-32(21-30)33(42(53(37)7)31-13-10-18-49-40(31)29(4)62-8)23-47(5,6)27-63-45(60)34-14-11-19-56(52-34)44(35)59/h10,13,15-16,18,21,24,28-29,34-35,41,52H,11,14,17,19-20,22-23,25-27H2,1-8H3,(H,51,58)/t29-,34-,35?,41-/m0/s1. The maximum Gasteiger partial charge on any atom is 0.324 e. The van der Waals surface area contributed by atoms with E-state index < -0.39 is 46.7 Å². The number of carbonyl (C=O) groups is 5. The first-order valence-electron chi connectivity index (χ1n) is 22.2. The van der Waals surface area contributed by atoms with Crippen molar-refractivity contribution < 1.29 is 33.4 Å². The van der Waals surface area contributed by atoms with Crippen molar-refractivity contribution in [3.63, 3.8) is 0 Å². The van der Waals surface area contributed by atoms with Gasteiger partial charge in [-0.05, 0) is 81.2 Å². The minimum atomic E-state index is -1.07. The summed E-state index contributed by atoms with van der Waals surface area (Å²) in [5.74, 6) is 3.07. The van der Waals surface area contributed by atoms with Crippen molar-refractivity contribution in [1.29, 1.82) is 0 Å². The summed E-state index contributed by atoms with van der Waals surface area (Å²) in [5, 5.41) is 8.11. The number of carbonyl (C=O) groups excluding carboxylic acids is 5. The van der Waals surface area contributed by atoms with Crippen LogP contribution in [0, 0.1) is 28.6 Å². The second-order valence-corrected chi connectivity index (χ2v) is 19.8. The van der Waals surface area contributed by atoms with Crippen LogP contribution in [0.1, 0.15) is 83.2 Å². The monoisotopic (exact) mass is 890 g/mol. The number of nitrogens with zero attached hydrogens (tertiary/aromatic N) is 6. The average molecular weight is 891 g/mol. The number of methoxy groups -OCH3 is 1. The van der Waals surface area contributed by atoms with Gasteiger partial charge < -0.3 is 29.2 Å². The van der Waals surface area contributed by atoms with Gasteiger partial charge in [-0.2, -0.15) is 0 Å². The maximum atomic E-state index is 14.6. The number of hydrazine groups is 1. The lowest BCUT2D eigenvalue weighted by molar-refractivity contribution is -0.155. The summed E-state index contributed by atoms with van der Waals surface area (Å²) in [6.45, 7) is 12.8. The summed E-state index contributed by atoms with van der Waals surface area (Å²) >= 11 is 1.41. The molecule has 0 radical (unpaired) electrons. The van der Waals surface area contributed by atoms with Crippen LogP contribution in [0.25, 0.3) is 33.4 Å². The Balaban J connectivity index is 1.14. The zero-order valence-corrected chi connectivity index (χ0v) is 38.8. The molecule has 16 heteroatoms. The van der Waals surface area contributed by atoms with Crippen molar-refractivity contribution >= 4 is 51.8 Å². The van der Waals surface area contributed by atoms with Gasteiger partial charge in [0.1, 0.15) is 18.1 Å². The quantitative estimate of drug-likeness (QED) is 0.194. The zero-order valence-electron chi connectivity index (χ0n) is 37.9. The van der Waals surface area contributed by atoms with Gasteiger partial charge in [-0.15, -0.1) is 11.3 Å². The van der Waals surface area contributed by atoms with Gasteiger partial charge in [0, 0.05) is 85.8 Å². The minimum Gasteiger partial charge on any atom is -0.464 e. The van der Waals surface area contributed by atoms with Gasteiger partial charge >= 0.3 is 5.97 Å². The number of hydrogen-bond donors (Lipinski definition) is 2. The molecule has 0 saturated carbocycles. The molecule has 15 nitrogen and oxygen atoms in total. The van der Waals surface area contributed by atoms with Gasteiger partial charge in [0.25, 0.3) is 11.8 Å². The summed E-state index contributed by atoms with van der Waals surface area (Å²) in [6.07, 6.45) is 3.70. The Morgan fingerprint density at radius 1 is 1.11 bits per heavy atom. The zero-order chi connectivity index (χ0) is 45.7. The van der Waals surface area contributed by atoms with Gasteiger partial charge in [-0.3, -0.25) is 34.0 Å². The lowest BCUT2D eigenvalue weighted by Gasteiger charge is -2.46. The summed E-state index contributed by atoms with van der Waals surface area (Å²) in [5.41, 5.74) is 8.39. The molecule has 3 aromatic heterocycles. The number of pyridine rings is 1. The number of rotatable bonds is 7. The lowest BCUT2D eigenvalue weighted by Crippen LogP contribution is -2.64. The molecule has 2 N–H and O–H groups in total. The first kappa shape index (κ1) is 45.0.